The fraction of sp³-hybridized carbons (Fsp3) is 0.308. The summed E-state index contributed by atoms with van der Waals surface area (Å²) >= 11 is 0. The van der Waals surface area contributed by atoms with Gasteiger partial charge in [-0.1, -0.05) is 36.4 Å². The summed E-state index contributed by atoms with van der Waals surface area (Å²) in [5, 5.41) is 5.87. The number of fused-ring (bicyclic) bond motifs is 2. The van der Waals surface area contributed by atoms with E-state index in [1.54, 1.807) is 0 Å². The van der Waals surface area contributed by atoms with Crippen molar-refractivity contribution >= 4 is 22.4 Å². The van der Waals surface area contributed by atoms with Crippen LogP contribution in [-0.2, 0) is 17.6 Å². The summed E-state index contributed by atoms with van der Waals surface area (Å²) in [7, 11) is 0. The highest BCUT2D eigenvalue weighted by molar-refractivity contribution is 5.98. The molecular weight excluding hydrogens is 398 g/mol. The van der Waals surface area contributed by atoms with Crippen molar-refractivity contribution in [2.24, 2.45) is 0 Å². The van der Waals surface area contributed by atoms with E-state index in [1.165, 1.54) is 24.1 Å². The zero-order valence-electron chi connectivity index (χ0n) is 18.1. The van der Waals surface area contributed by atoms with Gasteiger partial charge in [0.25, 0.3) is 0 Å². The van der Waals surface area contributed by atoms with E-state index < -0.39 is 0 Å². The molecule has 2 aromatic carbocycles. The van der Waals surface area contributed by atoms with Gasteiger partial charge in [0.1, 0.15) is 5.82 Å². The minimum Gasteiger partial charge on any atom is -0.382 e. The highest BCUT2D eigenvalue weighted by Crippen LogP contribution is 2.36. The summed E-state index contributed by atoms with van der Waals surface area (Å²) in [5.74, 6) is 0.570. The van der Waals surface area contributed by atoms with Crippen molar-refractivity contribution in [3.8, 4) is 16.8 Å². The molecule has 2 N–H and O–H groups in total. The molecule has 6 heteroatoms. The minimum absolute atomic E-state index is 0.570. The SMILES string of the molecule is Nc1nc2c(-c3ccccc3-n3ncc4c3CCCC4)cccc2cc1N1CCOCC1. The summed E-state index contributed by atoms with van der Waals surface area (Å²) in [6.07, 6.45) is 6.70. The molecule has 0 bridgehead atoms. The molecule has 0 amide bonds. The van der Waals surface area contributed by atoms with Crippen molar-refractivity contribution in [2.45, 2.75) is 25.7 Å². The number of nitrogens with two attached hydrogens (primary N) is 1. The number of para-hydroxylation sites is 2. The van der Waals surface area contributed by atoms with Crippen LogP contribution in [0, 0.1) is 0 Å². The summed E-state index contributed by atoms with van der Waals surface area (Å²) in [4.78, 5) is 7.17. The van der Waals surface area contributed by atoms with Gasteiger partial charge in [0.05, 0.1) is 36.3 Å². The first-order valence-electron chi connectivity index (χ1n) is 11.5. The van der Waals surface area contributed by atoms with Crippen molar-refractivity contribution in [2.75, 3.05) is 36.9 Å². The van der Waals surface area contributed by atoms with E-state index in [4.69, 9.17) is 20.6 Å². The molecule has 0 unspecified atom stereocenters. The molecule has 1 saturated heterocycles. The number of aryl methyl sites for hydroxylation is 1. The number of pyridine rings is 1. The van der Waals surface area contributed by atoms with Gasteiger partial charge in [-0.05, 0) is 43.4 Å². The highest BCUT2D eigenvalue weighted by atomic mass is 16.5. The minimum atomic E-state index is 0.570. The van der Waals surface area contributed by atoms with Crippen LogP contribution >= 0.6 is 0 Å². The molecular formula is C26H27N5O. The van der Waals surface area contributed by atoms with Crippen molar-refractivity contribution in [1.82, 2.24) is 14.8 Å². The number of benzene rings is 2. The number of nitrogens with zero attached hydrogens (tertiary/aromatic N) is 4. The van der Waals surface area contributed by atoms with E-state index in [9.17, 15) is 0 Å². The number of morpholine rings is 1. The lowest BCUT2D eigenvalue weighted by Gasteiger charge is -2.29. The number of rotatable bonds is 3. The van der Waals surface area contributed by atoms with Gasteiger partial charge in [0.2, 0.25) is 0 Å². The quantitative estimate of drug-likeness (QED) is 0.527. The molecule has 1 aliphatic heterocycles. The lowest BCUT2D eigenvalue weighted by Crippen LogP contribution is -2.36. The first-order chi connectivity index (χ1) is 15.8. The molecule has 2 aliphatic rings. The Labute approximate surface area is 187 Å². The normalized spacial score (nSPS) is 16.3. The van der Waals surface area contributed by atoms with Gasteiger partial charge in [-0.2, -0.15) is 5.10 Å². The van der Waals surface area contributed by atoms with Crippen LogP contribution in [0.3, 0.4) is 0 Å². The van der Waals surface area contributed by atoms with Gasteiger partial charge in [0, 0.05) is 35.3 Å². The molecule has 162 valence electrons. The van der Waals surface area contributed by atoms with Crippen LogP contribution in [0.15, 0.2) is 54.7 Å². The van der Waals surface area contributed by atoms with Crippen LogP contribution in [0.25, 0.3) is 27.7 Å². The third-order valence-corrected chi connectivity index (χ3v) is 6.69. The second-order valence-electron chi connectivity index (χ2n) is 8.62. The highest BCUT2D eigenvalue weighted by Gasteiger charge is 2.20. The Balaban J connectivity index is 1.50. The summed E-state index contributed by atoms with van der Waals surface area (Å²) < 4.78 is 7.64. The number of nitrogen functional groups attached to an aromatic ring is 1. The molecule has 1 aliphatic carbocycles. The Morgan fingerprint density at radius 2 is 1.69 bits per heavy atom. The van der Waals surface area contributed by atoms with E-state index in [1.807, 2.05) is 6.20 Å². The van der Waals surface area contributed by atoms with Crippen LogP contribution < -0.4 is 10.6 Å². The van der Waals surface area contributed by atoms with Gasteiger partial charge in [-0.25, -0.2) is 9.67 Å². The van der Waals surface area contributed by atoms with E-state index in [0.717, 1.165) is 72.5 Å². The maximum atomic E-state index is 6.48. The Morgan fingerprint density at radius 3 is 2.59 bits per heavy atom. The zero-order chi connectivity index (χ0) is 21.5. The molecule has 0 atom stereocenters. The van der Waals surface area contributed by atoms with Gasteiger partial charge >= 0.3 is 0 Å². The third-order valence-electron chi connectivity index (χ3n) is 6.69. The number of ether oxygens (including phenoxy) is 1. The zero-order valence-corrected chi connectivity index (χ0v) is 18.1. The van der Waals surface area contributed by atoms with Crippen LogP contribution in [0.5, 0.6) is 0 Å². The summed E-state index contributed by atoms with van der Waals surface area (Å²) in [6.45, 7) is 3.12. The monoisotopic (exact) mass is 425 g/mol. The molecule has 3 heterocycles. The number of aromatic nitrogens is 3. The summed E-state index contributed by atoms with van der Waals surface area (Å²) in [5.41, 5.74) is 14.4. The van der Waals surface area contributed by atoms with E-state index >= 15 is 0 Å². The molecule has 32 heavy (non-hydrogen) atoms. The molecule has 6 nitrogen and oxygen atoms in total. The maximum absolute atomic E-state index is 6.48. The topological polar surface area (TPSA) is 69.2 Å². The van der Waals surface area contributed by atoms with Gasteiger partial charge < -0.3 is 15.4 Å². The average Bonchev–Trinajstić information content (AvgIpc) is 3.28. The Kier molecular flexibility index (Phi) is 4.80. The van der Waals surface area contributed by atoms with E-state index in [0.29, 0.717) is 5.82 Å². The van der Waals surface area contributed by atoms with Gasteiger partial charge in [0.15, 0.2) is 0 Å². The molecule has 0 spiro atoms. The average molecular weight is 426 g/mol. The van der Waals surface area contributed by atoms with Crippen LogP contribution in [0.2, 0.25) is 0 Å². The van der Waals surface area contributed by atoms with Crippen LogP contribution in [0.4, 0.5) is 11.5 Å². The predicted octanol–water partition coefficient (Wildman–Crippen LogP) is 4.39. The summed E-state index contributed by atoms with van der Waals surface area (Å²) in [6, 6.07) is 17.0. The predicted molar refractivity (Wildman–Crippen MR) is 128 cm³/mol. The molecule has 6 rings (SSSR count). The van der Waals surface area contributed by atoms with E-state index in [-0.39, 0.29) is 0 Å². The lowest BCUT2D eigenvalue weighted by atomic mass is 9.97. The molecule has 1 fully saturated rings. The van der Waals surface area contributed by atoms with Crippen molar-refractivity contribution < 1.29 is 4.74 Å². The van der Waals surface area contributed by atoms with Crippen LogP contribution in [-0.4, -0.2) is 41.1 Å². The number of anilines is 2. The molecule has 0 radical (unpaired) electrons. The Bertz CT molecular complexity index is 1290. The Morgan fingerprint density at radius 1 is 0.875 bits per heavy atom. The van der Waals surface area contributed by atoms with Crippen molar-refractivity contribution in [1.29, 1.82) is 0 Å². The second kappa shape index (κ2) is 7.95. The Hall–Kier alpha value is -3.38. The third kappa shape index (κ3) is 3.22. The van der Waals surface area contributed by atoms with Crippen LogP contribution in [0.1, 0.15) is 24.1 Å². The number of hydrogen-bond donors (Lipinski definition) is 1. The molecule has 2 aromatic heterocycles. The first kappa shape index (κ1) is 19.3. The standard InChI is InChI=1S/C26H27N5O/c27-26-24(30-12-14-32-15-13-30)16-18-7-5-9-21(25(18)29-26)20-8-2-4-11-23(20)31-22-10-3-1-6-19(22)17-28-31/h2,4-5,7-9,11,16-17H,1,3,6,10,12-15H2,(H2,27,29). The molecule has 4 aromatic rings. The maximum Gasteiger partial charge on any atom is 0.147 e. The fourth-order valence-electron chi connectivity index (χ4n) is 5.06. The second-order valence-corrected chi connectivity index (χ2v) is 8.62. The number of hydrogen-bond acceptors (Lipinski definition) is 5. The van der Waals surface area contributed by atoms with Crippen molar-refractivity contribution in [3.05, 3.63) is 66.0 Å². The van der Waals surface area contributed by atoms with Crippen molar-refractivity contribution in [3.63, 3.8) is 0 Å². The largest absolute Gasteiger partial charge is 0.382 e. The lowest BCUT2D eigenvalue weighted by molar-refractivity contribution is 0.123. The smallest absolute Gasteiger partial charge is 0.147 e. The first-order valence-corrected chi connectivity index (χ1v) is 11.5. The fourth-order valence-corrected chi connectivity index (χ4v) is 5.06. The van der Waals surface area contributed by atoms with E-state index in [2.05, 4.69) is 58.1 Å². The van der Waals surface area contributed by atoms with Gasteiger partial charge in [-0.3, -0.25) is 0 Å². The molecule has 0 saturated carbocycles. The van der Waals surface area contributed by atoms with Gasteiger partial charge in [-0.15, -0.1) is 0 Å².